The van der Waals surface area contributed by atoms with Gasteiger partial charge in [-0.3, -0.25) is 19.3 Å². The van der Waals surface area contributed by atoms with Gasteiger partial charge < -0.3 is 5.32 Å². The minimum Gasteiger partial charge on any atom is -0.348 e. The highest BCUT2D eigenvalue weighted by Crippen LogP contribution is 2.27. The second-order valence-corrected chi connectivity index (χ2v) is 4.87. The largest absolute Gasteiger partial charge is 0.456 e. The summed E-state index contributed by atoms with van der Waals surface area (Å²) >= 11 is -0.360. The van der Waals surface area contributed by atoms with Crippen molar-refractivity contribution in [3.05, 3.63) is 35.6 Å². The van der Waals surface area contributed by atoms with E-state index < -0.39 is 11.4 Å². The van der Waals surface area contributed by atoms with E-state index in [2.05, 4.69) is 10.0 Å². The molecule has 1 heterocycles. The molecule has 0 aliphatic carbocycles. The van der Waals surface area contributed by atoms with Crippen LogP contribution in [-0.4, -0.2) is 24.5 Å². The molecule has 0 unspecified atom stereocenters. The van der Waals surface area contributed by atoms with Gasteiger partial charge in [0, 0.05) is 36.7 Å². The summed E-state index contributed by atoms with van der Waals surface area (Å²) in [6.45, 7) is -0.0229. The average Bonchev–Trinajstić information content (AvgIpc) is 2.45. The van der Waals surface area contributed by atoms with Gasteiger partial charge in [0.25, 0.3) is 5.91 Å². The molecule has 114 valence electrons. The Labute approximate surface area is 122 Å². The number of carbonyl (C=O) groups is 1. The molecule has 0 bridgehead atoms. The van der Waals surface area contributed by atoms with Gasteiger partial charge in [-0.15, -0.1) is 0 Å². The predicted octanol–water partition coefficient (Wildman–Crippen LogP) is 2.23. The lowest BCUT2D eigenvalue weighted by atomic mass is 10.1. The van der Waals surface area contributed by atoms with Crippen LogP contribution in [0, 0.1) is 0 Å². The molecule has 0 aromatic heterocycles. The molecule has 2 rings (SSSR count). The Bertz CT molecular complexity index is 549. The third kappa shape index (κ3) is 4.87. The molecule has 0 fully saturated rings. The van der Waals surface area contributed by atoms with Gasteiger partial charge in [-0.2, -0.15) is 13.2 Å². The highest BCUT2D eigenvalue weighted by molar-refractivity contribution is 7.98. The van der Waals surface area contributed by atoms with Gasteiger partial charge in [0.1, 0.15) is 0 Å². The summed E-state index contributed by atoms with van der Waals surface area (Å²) in [5.41, 5.74) is -3.67. The van der Waals surface area contributed by atoms with Crippen molar-refractivity contribution in [1.29, 1.82) is 0 Å². The van der Waals surface area contributed by atoms with Crippen LogP contribution in [0.5, 0.6) is 5.75 Å². The van der Waals surface area contributed by atoms with E-state index in [1.165, 1.54) is 6.08 Å². The number of carbonyl (C=O) groups excluding carboxylic acids is 1. The van der Waals surface area contributed by atoms with Crippen LogP contribution in [0.2, 0.25) is 0 Å². The van der Waals surface area contributed by atoms with Crippen molar-refractivity contribution in [2.75, 3.05) is 13.1 Å². The minimum absolute atomic E-state index is 0.0181. The first-order valence-corrected chi connectivity index (χ1v) is 6.68. The number of amides is 1. The fraction of sp³-hybridized carbons (Fsp3) is 0.250. The summed E-state index contributed by atoms with van der Waals surface area (Å²) in [4.78, 5) is 21.5. The van der Waals surface area contributed by atoms with Crippen LogP contribution in [-0.2, 0) is 9.68 Å². The second-order valence-electron chi connectivity index (χ2n) is 3.91. The molecule has 0 atom stereocenters. The van der Waals surface area contributed by atoms with Crippen LogP contribution in [0.4, 0.5) is 13.2 Å². The number of hydrogen-bond acceptors (Lipinski definition) is 5. The Morgan fingerprint density at radius 2 is 1.95 bits per heavy atom. The standard InChI is InChI=1S/C12H11F3N2O3S/c13-12(14,15)21-17-6-5-16-11(18)10-7-8-3-1-2-4-9(8)19-20-10/h1-4,7,17H,5-6H2,(H,16,18). The van der Waals surface area contributed by atoms with Gasteiger partial charge in [0.15, 0.2) is 5.75 Å². The molecule has 1 aliphatic heterocycles. The molecule has 21 heavy (non-hydrogen) atoms. The molecular formula is C12H11F3N2O3S. The first-order valence-electron chi connectivity index (χ1n) is 5.87. The first-order chi connectivity index (χ1) is 9.96. The summed E-state index contributed by atoms with van der Waals surface area (Å²) in [6, 6.07) is 6.95. The van der Waals surface area contributed by atoms with Crippen molar-refractivity contribution in [2.24, 2.45) is 0 Å². The Morgan fingerprint density at radius 3 is 2.71 bits per heavy atom. The maximum absolute atomic E-state index is 11.8. The molecule has 9 heteroatoms. The summed E-state index contributed by atoms with van der Waals surface area (Å²) in [6.07, 6.45) is 1.49. The number of hydrogen-bond donors (Lipinski definition) is 2. The topological polar surface area (TPSA) is 59.6 Å². The van der Waals surface area contributed by atoms with Crippen LogP contribution < -0.4 is 14.9 Å². The molecule has 1 aromatic carbocycles. The molecule has 0 saturated carbocycles. The summed E-state index contributed by atoms with van der Waals surface area (Å²) in [5, 5.41) is 2.41. The van der Waals surface area contributed by atoms with Gasteiger partial charge in [-0.1, -0.05) is 18.2 Å². The van der Waals surface area contributed by atoms with Gasteiger partial charge in [0.05, 0.1) is 0 Å². The summed E-state index contributed by atoms with van der Waals surface area (Å²) < 4.78 is 37.6. The fourth-order valence-corrected chi connectivity index (χ4v) is 1.85. The summed E-state index contributed by atoms with van der Waals surface area (Å²) in [7, 11) is 0. The highest BCUT2D eigenvalue weighted by atomic mass is 32.2. The van der Waals surface area contributed by atoms with Crippen LogP contribution in [0.1, 0.15) is 5.56 Å². The van der Waals surface area contributed by atoms with Crippen LogP contribution in [0.15, 0.2) is 30.0 Å². The van der Waals surface area contributed by atoms with Gasteiger partial charge in [0.2, 0.25) is 5.76 Å². The zero-order valence-corrected chi connectivity index (χ0v) is 11.4. The van der Waals surface area contributed by atoms with Crippen molar-refractivity contribution in [3.63, 3.8) is 0 Å². The lowest BCUT2D eigenvalue weighted by molar-refractivity contribution is -0.176. The number of alkyl halides is 3. The molecule has 0 radical (unpaired) electrons. The lowest BCUT2D eigenvalue weighted by Crippen LogP contribution is -2.33. The Hall–Kier alpha value is -1.87. The second kappa shape index (κ2) is 6.72. The molecule has 1 aromatic rings. The van der Waals surface area contributed by atoms with Crippen molar-refractivity contribution < 1.29 is 27.7 Å². The van der Waals surface area contributed by atoms with Crippen LogP contribution in [0.3, 0.4) is 0 Å². The quantitative estimate of drug-likeness (QED) is 0.495. The summed E-state index contributed by atoms with van der Waals surface area (Å²) in [5.74, 6) is -0.141. The Kier molecular flexibility index (Phi) is 4.97. The van der Waals surface area contributed by atoms with E-state index in [1.54, 1.807) is 24.3 Å². The minimum atomic E-state index is -4.35. The third-order valence-electron chi connectivity index (χ3n) is 2.35. The Morgan fingerprint density at radius 1 is 1.19 bits per heavy atom. The zero-order valence-electron chi connectivity index (χ0n) is 10.6. The van der Waals surface area contributed by atoms with E-state index in [0.29, 0.717) is 11.3 Å². The van der Waals surface area contributed by atoms with Crippen molar-refractivity contribution in [2.45, 2.75) is 5.51 Å². The molecule has 0 spiro atoms. The maximum Gasteiger partial charge on any atom is 0.456 e. The molecule has 5 nitrogen and oxygen atoms in total. The average molecular weight is 320 g/mol. The number of benzene rings is 1. The normalized spacial score (nSPS) is 13.6. The molecule has 1 aliphatic rings. The number of para-hydroxylation sites is 1. The maximum atomic E-state index is 11.8. The van der Waals surface area contributed by atoms with Crippen LogP contribution in [0.25, 0.3) is 6.08 Å². The molecule has 0 saturated heterocycles. The van der Waals surface area contributed by atoms with Gasteiger partial charge in [-0.25, -0.2) is 0 Å². The van der Waals surface area contributed by atoms with E-state index in [-0.39, 0.29) is 30.8 Å². The van der Waals surface area contributed by atoms with E-state index in [9.17, 15) is 18.0 Å². The highest BCUT2D eigenvalue weighted by Gasteiger charge is 2.28. The smallest absolute Gasteiger partial charge is 0.348 e. The predicted molar refractivity (Wildman–Crippen MR) is 70.8 cm³/mol. The molecular weight excluding hydrogens is 309 g/mol. The number of fused-ring (bicyclic) bond motifs is 1. The Balaban J connectivity index is 1.78. The van der Waals surface area contributed by atoms with E-state index in [1.807, 2.05) is 0 Å². The van der Waals surface area contributed by atoms with E-state index in [0.717, 1.165) is 0 Å². The zero-order chi connectivity index (χ0) is 15.3. The first kappa shape index (κ1) is 15.5. The lowest BCUT2D eigenvalue weighted by Gasteiger charge is -2.15. The number of nitrogens with one attached hydrogen (secondary N) is 2. The third-order valence-corrected chi connectivity index (χ3v) is 2.93. The number of rotatable bonds is 5. The van der Waals surface area contributed by atoms with Crippen molar-refractivity contribution in [1.82, 2.24) is 10.0 Å². The fourth-order valence-electron chi connectivity index (χ4n) is 1.48. The van der Waals surface area contributed by atoms with Gasteiger partial charge in [-0.05, 0) is 6.07 Å². The monoisotopic (exact) mass is 320 g/mol. The van der Waals surface area contributed by atoms with E-state index >= 15 is 0 Å². The number of halogens is 3. The van der Waals surface area contributed by atoms with Crippen molar-refractivity contribution in [3.8, 4) is 5.75 Å². The van der Waals surface area contributed by atoms with Gasteiger partial charge >= 0.3 is 5.51 Å². The van der Waals surface area contributed by atoms with Crippen LogP contribution >= 0.6 is 11.9 Å². The molecule has 2 N–H and O–H groups in total. The van der Waals surface area contributed by atoms with Crippen molar-refractivity contribution >= 4 is 23.9 Å². The molecule has 1 amide bonds. The SMILES string of the molecule is O=C(NCCNSC(F)(F)F)C1=Cc2ccccc2OO1. The van der Waals surface area contributed by atoms with E-state index in [4.69, 9.17) is 9.78 Å².